The molecule has 0 fully saturated rings. The molecule has 1 aromatic carbocycles. The van der Waals surface area contributed by atoms with E-state index in [1.54, 1.807) is 13.2 Å². The zero-order valence-electron chi connectivity index (χ0n) is 10.6. The molecule has 5 nitrogen and oxygen atoms in total. The number of nitrogens with zero attached hydrogens (tertiary/aromatic N) is 3. The zero-order valence-corrected chi connectivity index (χ0v) is 11.4. The average Bonchev–Trinajstić information content (AvgIpc) is 2.71. The number of aryl methyl sites for hydroxylation is 1. The molecule has 2 aromatic rings. The average molecular weight is 265 g/mol. The topological polar surface area (TPSA) is 57.0 Å². The Bertz CT molecular complexity index is 580. The van der Waals surface area contributed by atoms with Crippen LogP contribution >= 0.6 is 0 Å². The fraction of sp³-hybridized carbons (Fsp3) is 0.333. The molecule has 0 aliphatic heterocycles. The maximum Gasteiger partial charge on any atom is 0.145 e. The normalized spacial score (nSPS) is 12.4. The summed E-state index contributed by atoms with van der Waals surface area (Å²) in [5.41, 5.74) is 0. The minimum absolute atomic E-state index is 0.352. The van der Waals surface area contributed by atoms with Crippen LogP contribution < -0.4 is 4.74 Å². The molecule has 0 N–H and O–H groups in total. The van der Waals surface area contributed by atoms with Gasteiger partial charge in [-0.25, -0.2) is 0 Å². The van der Waals surface area contributed by atoms with Gasteiger partial charge in [-0.1, -0.05) is 6.07 Å². The van der Waals surface area contributed by atoms with Crippen LogP contribution in [0.4, 0.5) is 0 Å². The second-order valence-corrected chi connectivity index (χ2v) is 5.34. The molecule has 0 amide bonds. The van der Waals surface area contributed by atoms with E-state index < -0.39 is 10.8 Å². The van der Waals surface area contributed by atoms with Gasteiger partial charge < -0.3 is 9.30 Å². The van der Waals surface area contributed by atoms with Gasteiger partial charge in [-0.15, -0.1) is 10.2 Å². The first kappa shape index (κ1) is 12.8. The van der Waals surface area contributed by atoms with E-state index >= 15 is 0 Å². The van der Waals surface area contributed by atoms with Crippen LogP contribution in [0.1, 0.15) is 11.6 Å². The molecule has 6 heteroatoms. The number of rotatable bonds is 4. The van der Waals surface area contributed by atoms with Gasteiger partial charge in [0.05, 0.1) is 23.7 Å². The van der Waals surface area contributed by atoms with Crippen LogP contribution in [0, 0.1) is 6.92 Å². The Balaban J connectivity index is 2.19. The summed E-state index contributed by atoms with van der Waals surface area (Å²) in [6.45, 7) is 1.87. The first-order valence-electron chi connectivity index (χ1n) is 5.49. The molecular formula is C12H15N3O2S. The number of hydrogen-bond acceptors (Lipinski definition) is 4. The van der Waals surface area contributed by atoms with E-state index in [2.05, 4.69) is 10.2 Å². The lowest BCUT2D eigenvalue weighted by molar-refractivity contribution is 0.413. The standard InChI is InChI=1S/C12H15N3O2S/c1-9-13-14-12(15(9)2)8-18(16)11-6-4-5-10(7-11)17-3/h4-7H,8H2,1-3H3. The third-order valence-corrected chi connectivity index (χ3v) is 4.05. The molecule has 0 aliphatic carbocycles. The quantitative estimate of drug-likeness (QED) is 0.839. The monoisotopic (exact) mass is 265 g/mol. The highest BCUT2D eigenvalue weighted by Gasteiger charge is 2.11. The maximum absolute atomic E-state index is 12.2. The van der Waals surface area contributed by atoms with Crippen molar-refractivity contribution in [2.45, 2.75) is 17.6 Å². The minimum atomic E-state index is -1.15. The van der Waals surface area contributed by atoms with E-state index in [0.717, 1.165) is 10.7 Å². The predicted octanol–water partition coefficient (Wildman–Crippen LogP) is 1.44. The molecule has 0 aliphatic rings. The first-order chi connectivity index (χ1) is 8.61. The number of ether oxygens (including phenoxy) is 1. The molecule has 2 rings (SSSR count). The van der Waals surface area contributed by atoms with Gasteiger partial charge >= 0.3 is 0 Å². The smallest absolute Gasteiger partial charge is 0.145 e. The lowest BCUT2D eigenvalue weighted by Gasteiger charge is -2.05. The number of benzene rings is 1. The van der Waals surface area contributed by atoms with Crippen molar-refractivity contribution in [3.8, 4) is 5.75 Å². The Morgan fingerprint density at radius 2 is 2.17 bits per heavy atom. The Hall–Kier alpha value is -1.69. The molecule has 0 radical (unpaired) electrons. The summed E-state index contributed by atoms with van der Waals surface area (Å²) in [7, 11) is 2.31. The summed E-state index contributed by atoms with van der Waals surface area (Å²) >= 11 is 0. The molecule has 1 aromatic heterocycles. The van der Waals surface area contributed by atoms with Gasteiger partial charge in [-0.05, 0) is 25.1 Å². The van der Waals surface area contributed by atoms with Gasteiger partial charge in [0, 0.05) is 11.9 Å². The van der Waals surface area contributed by atoms with Gasteiger partial charge in [-0.3, -0.25) is 4.21 Å². The molecule has 1 atom stereocenters. The largest absolute Gasteiger partial charge is 0.497 e. The molecule has 1 heterocycles. The van der Waals surface area contributed by atoms with Crippen molar-refractivity contribution in [3.63, 3.8) is 0 Å². The van der Waals surface area contributed by atoms with Crippen LogP contribution in [0.2, 0.25) is 0 Å². The highest BCUT2D eigenvalue weighted by atomic mass is 32.2. The third kappa shape index (κ3) is 2.59. The first-order valence-corrected chi connectivity index (χ1v) is 6.81. The Labute approximate surface area is 108 Å². The van der Waals surface area contributed by atoms with E-state index in [1.807, 2.05) is 36.7 Å². The van der Waals surface area contributed by atoms with E-state index in [0.29, 0.717) is 17.3 Å². The van der Waals surface area contributed by atoms with E-state index in [9.17, 15) is 4.21 Å². The second kappa shape index (κ2) is 5.30. The third-order valence-electron chi connectivity index (χ3n) is 2.75. The van der Waals surface area contributed by atoms with Crippen LogP contribution in [0.3, 0.4) is 0 Å². The molecule has 1 unspecified atom stereocenters. The van der Waals surface area contributed by atoms with Crippen molar-refractivity contribution < 1.29 is 8.95 Å². The summed E-state index contributed by atoms with van der Waals surface area (Å²) in [6.07, 6.45) is 0. The number of hydrogen-bond donors (Lipinski definition) is 0. The van der Waals surface area contributed by atoms with Crippen molar-refractivity contribution in [1.82, 2.24) is 14.8 Å². The van der Waals surface area contributed by atoms with Crippen LogP contribution in [0.15, 0.2) is 29.2 Å². The highest BCUT2D eigenvalue weighted by molar-refractivity contribution is 7.84. The Morgan fingerprint density at radius 3 is 2.78 bits per heavy atom. The Kier molecular flexibility index (Phi) is 3.76. The summed E-state index contributed by atoms with van der Waals surface area (Å²) in [5.74, 6) is 2.58. The molecule has 0 bridgehead atoms. The molecule has 18 heavy (non-hydrogen) atoms. The molecule has 0 saturated carbocycles. The van der Waals surface area contributed by atoms with Gasteiger partial charge in [0.1, 0.15) is 17.4 Å². The summed E-state index contributed by atoms with van der Waals surface area (Å²) in [4.78, 5) is 0.731. The van der Waals surface area contributed by atoms with Gasteiger partial charge in [0.25, 0.3) is 0 Å². The highest BCUT2D eigenvalue weighted by Crippen LogP contribution is 2.17. The van der Waals surface area contributed by atoms with Crippen molar-refractivity contribution in [3.05, 3.63) is 35.9 Å². The van der Waals surface area contributed by atoms with Crippen LogP contribution in [-0.4, -0.2) is 26.1 Å². The van der Waals surface area contributed by atoms with Crippen molar-refractivity contribution >= 4 is 10.8 Å². The predicted molar refractivity (Wildman–Crippen MR) is 68.8 cm³/mol. The van der Waals surface area contributed by atoms with Gasteiger partial charge in [0.15, 0.2) is 0 Å². The zero-order chi connectivity index (χ0) is 13.1. The fourth-order valence-electron chi connectivity index (χ4n) is 1.52. The fourth-order valence-corrected chi connectivity index (χ4v) is 2.65. The Morgan fingerprint density at radius 1 is 1.39 bits per heavy atom. The van der Waals surface area contributed by atoms with Crippen molar-refractivity contribution in [2.24, 2.45) is 7.05 Å². The van der Waals surface area contributed by atoms with Crippen LogP contribution in [0.5, 0.6) is 5.75 Å². The van der Waals surface area contributed by atoms with E-state index in [1.165, 1.54) is 0 Å². The van der Waals surface area contributed by atoms with Crippen molar-refractivity contribution in [2.75, 3.05) is 7.11 Å². The minimum Gasteiger partial charge on any atom is -0.497 e. The molecule has 96 valence electrons. The lowest BCUT2D eigenvalue weighted by atomic mass is 10.3. The molecular weight excluding hydrogens is 250 g/mol. The van der Waals surface area contributed by atoms with Crippen LogP contribution in [0.25, 0.3) is 0 Å². The number of methoxy groups -OCH3 is 1. The van der Waals surface area contributed by atoms with E-state index in [-0.39, 0.29) is 0 Å². The number of aromatic nitrogens is 3. The lowest BCUT2D eigenvalue weighted by Crippen LogP contribution is -2.04. The molecule has 0 spiro atoms. The summed E-state index contributed by atoms with van der Waals surface area (Å²) < 4.78 is 19.2. The second-order valence-electron chi connectivity index (χ2n) is 3.89. The van der Waals surface area contributed by atoms with Crippen LogP contribution in [-0.2, 0) is 23.6 Å². The summed E-state index contributed by atoms with van der Waals surface area (Å²) in [5, 5.41) is 7.96. The van der Waals surface area contributed by atoms with Gasteiger partial charge in [-0.2, -0.15) is 0 Å². The van der Waals surface area contributed by atoms with E-state index in [4.69, 9.17) is 4.74 Å². The summed E-state index contributed by atoms with van der Waals surface area (Å²) in [6, 6.07) is 7.25. The SMILES string of the molecule is COc1cccc(S(=O)Cc2nnc(C)n2C)c1. The van der Waals surface area contributed by atoms with Gasteiger partial charge in [0.2, 0.25) is 0 Å². The molecule has 0 saturated heterocycles. The van der Waals surface area contributed by atoms with Crippen molar-refractivity contribution in [1.29, 1.82) is 0 Å². The maximum atomic E-state index is 12.2.